The molecule has 0 saturated heterocycles. The first kappa shape index (κ1) is 31.9. The monoisotopic (exact) mass is 524 g/mol. The van der Waals surface area contributed by atoms with Gasteiger partial charge in [0.05, 0.1) is 18.3 Å². The lowest BCUT2D eigenvalue weighted by atomic mass is 10.0. The summed E-state index contributed by atoms with van der Waals surface area (Å²) >= 11 is 0. The number of rotatable bonds is 22. The smallest absolute Gasteiger partial charge is 0.343 e. The van der Waals surface area contributed by atoms with Crippen molar-refractivity contribution in [1.82, 2.24) is 0 Å². The molecule has 0 bridgehead atoms. The fourth-order valence-electron chi connectivity index (χ4n) is 4.57. The molecule has 0 heterocycles. The van der Waals surface area contributed by atoms with Gasteiger partial charge in [0.2, 0.25) is 0 Å². The molecular formula is C34H52O4. The van der Waals surface area contributed by atoms with Crippen LogP contribution in [0.25, 0.3) is 0 Å². The van der Waals surface area contributed by atoms with E-state index in [0.29, 0.717) is 23.7 Å². The van der Waals surface area contributed by atoms with E-state index in [1.165, 1.54) is 83.5 Å². The Morgan fingerprint density at radius 2 is 1.16 bits per heavy atom. The number of unbranched alkanes of at least 4 members (excludes halogenated alkanes) is 13. The molecule has 1 unspecified atom stereocenters. The van der Waals surface area contributed by atoms with Crippen molar-refractivity contribution in [2.24, 2.45) is 0 Å². The predicted octanol–water partition coefficient (Wildman–Crippen LogP) is 10.3. The van der Waals surface area contributed by atoms with Crippen LogP contribution in [0.3, 0.4) is 0 Å². The molecule has 0 spiro atoms. The minimum Gasteiger partial charge on any atom is -0.490 e. The van der Waals surface area contributed by atoms with Gasteiger partial charge in [0.15, 0.2) is 11.5 Å². The van der Waals surface area contributed by atoms with Crippen LogP contribution in [-0.2, 0) is 4.74 Å². The van der Waals surface area contributed by atoms with E-state index in [-0.39, 0.29) is 12.1 Å². The van der Waals surface area contributed by atoms with Crippen LogP contribution in [0.1, 0.15) is 139 Å². The number of benzene rings is 2. The van der Waals surface area contributed by atoms with Crippen molar-refractivity contribution in [1.29, 1.82) is 0 Å². The highest BCUT2D eigenvalue weighted by Crippen LogP contribution is 2.28. The summed E-state index contributed by atoms with van der Waals surface area (Å²) in [5, 5.41) is 0. The Morgan fingerprint density at radius 3 is 1.71 bits per heavy atom. The summed E-state index contributed by atoms with van der Waals surface area (Å²) in [5.41, 5.74) is 1.58. The average molecular weight is 525 g/mol. The fraction of sp³-hybridized carbons (Fsp3) is 0.618. The summed E-state index contributed by atoms with van der Waals surface area (Å²) < 4.78 is 17.3. The lowest BCUT2D eigenvalue weighted by molar-refractivity contribution is 0.0625. The van der Waals surface area contributed by atoms with E-state index in [0.717, 1.165) is 25.0 Å². The third-order valence-electron chi connectivity index (χ3n) is 7.00. The molecule has 0 aliphatic carbocycles. The summed E-state index contributed by atoms with van der Waals surface area (Å²) in [6.07, 6.45) is 19.9. The van der Waals surface area contributed by atoms with E-state index >= 15 is 0 Å². The zero-order valence-corrected chi connectivity index (χ0v) is 24.3. The zero-order valence-electron chi connectivity index (χ0n) is 24.3. The Morgan fingerprint density at radius 1 is 0.632 bits per heavy atom. The standard InChI is InChI=1S/C34H52O4/c1-4-6-7-8-9-10-11-12-13-14-15-16-17-20-28-36-29(3)30-23-25-31(26-24-30)34(35)38-33-22-19-18-21-32(33)37-27-5-2/h18-19,21-26,29H,4-17,20,27-28H2,1-3H3. The van der Waals surface area contributed by atoms with Crippen molar-refractivity contribution in [2.75, 3.05) is 13.2 Å². The minimum atomic E-state index is -0.389. The molecule has 0 amide bonds. The van der Waals surface area contributed by atoms with Gasteiger partial charge in [0.25, 0.3) is 0 Å². The molecule has 0 radical (unpaired) electrons. The number of carbonyl (C=O) groups is 1. The number of hydrogen-bond donors (Lipinski definition) is 0. The molecule has 38 heavy (non-hydrogen) atoms. The van der Waals surface area contributed by atoms with Crippen LogP contribution in [0.4, 0.5) is 0 Å². The van der Waals surface area contributed by atoms with Gasteiger partial charge in [0, 0.05) is 6.61 Å². The van der Waals surface area contributed by atoms with E-state index < -0.39 is 0 Å². The first-order valence-electron chi connectivity index (χ1n) is 15.3. The Bertz CT molecular complexity index is 861. The molecule has 0 saturated carbocycles. The van der Waals surface area contributed by atoms with Gasteiger partial charge >= 0.3 is 5.97 Å². The van der Waals surface area contributed by atoms with Crippen LogP contribution < -0.4 is 9.47 Å². The summed E-state index contributed by atoms with van der Waals surface area (Å²) in [4.78, 5) is 12.6. The molecule has 2 aromatic carbocycles. The molecule has 0 N–H and O–H groups in total. The quantitative estimate of drug-likeness (QED) is 0.0873. The first-order chi connectivity index (χ1) is 18.7. The topological polar surface area (TPSA) is 44.8 Å². The predicted molar refractivity (Wildman–Crippen MR) is 158 cm³/mol. The molecular weight excluding hydrogens is 472 g/mol. The second-order valence-corrected chi connectivity index (χ2v) is 10.4. The molecule has 2 rings (SSSR count). The van der Waals surface area contributed by atoms with Gasteiger partial charge in [0.1, 0.15) is 0 Å². The van der Waals surface area contributed by atoms with E-state index in [2.05, 4.69) is 13.8 Å². The normalized spacial score (nSPS) is 11.9. The number of para-hydroxylation sites is 2. The highest BCUT2D eigenvalue weighted by atomic mass is 16.6. The molecule has 0 aliphatic rings. The number of hydrogen-bond acceptors (Lipinski definition) is 4. The Hall–Kier alpha value is -2.33. The molecule has 4 heteroatoms. The van der Waals surface area contributed by atoms with Crippen LogP contribution in [0.2, 0.25) is 0 Å². The largest absolute Gasteiger partial charge is 0.490 e. The second-order valence-electron chi connectivity index (χ2n) is 10.4. The Kier molecular flexibility index (Phi) is 17.3. The van der Waals surface area contributed by atoms with Gasteiger partial charge < -0.3 is 14.2 Å². The maximum atomic E-state index is 12.6. The Balaban J connectivity index is 1.55. The van der Waals surface area contributed by atoms with E-state index in [1.807, 2.05) is 37.3 Å². The van der Waals surface area contributed by atoms with Crippen molar-refractivity contribution in [3.8, 4) is 11.5 Å². The molecule has 0 aliphatic heterocycles. The highest BCUT2D eigenvalue weighted by Gasteiger charge is 2.13. The average Bonchev–Trinajstić information content (AvgIpc) is 2.94. The first-order valence-corrected chi connectivity index (χ1v) is 15.3. The number of ether oxygens (including phenoxy) is 3. The van der Waals surface area contributed by atoms with Gasteiger partial charge in [-0.2, -0.15) is 0 Å². The summed E-state index contributed by atoms with van der Waals surface area (Å²) in [5.74, 6) is 0.643. The molecule has 2 aromatic rings. The summed E-state index contributed by atoms with van der Waals surface area (Å²) in [6, 6.07) is 14.8. The van der Waals surface area contributed by atoms with Gasteiger partial charge in [-0.1, -0.05) is 122 Å². The third-order valence-corrected chi connectivity index (χ3v) is 7.00. The van der Waals surface area contributed by atoms with Crippen molar-refractivity contribution >= 4 is 5.97 Å². The molecule has 212 valence electrons. The zero-order chi connectivity index (χ0) is 27.3. The van der Waals surface area contributed by atoms with Gasteiger partial charge in [-0.25, -0.2) is 4.79 Å². The van der Waals surface area contributed by atoms with Gasteiger partial charge in [-0.3, -0.25) is 0 Å². The number of esters is 1. The maximum Gasteiger partial charge on any atom is 0.343 e. The van der Waals surface area contributed by atoms with Crippen molar-refractivity contribution in [3.05, 3.63) is 59.7 Å². The molecule has 4 nitrogen and oxygen atoms in total. The van der Waals surface area contributed by atoms with Crippen molar-refractivity contribution < 1.29 is 19.0 Å². The van der Waals surface area contributed by atoms with Crippen LogP contribution in [-0.4, -0.2) is 19.2 Å². The van der Waals surface area contributed by atoms with E-state index in [9.17, 15) is 4.79 Å². The van der Waals surface area contributed by atoms with Crippen LogP contribution in [0.5, 0.6) is 11.5 Å². The van der Waals surface area contributed by atoms with Crippen LogP contribution in [0, 0.1) is 0 Å². The number of carbonyl (C=O) groups excluding carboxylic acids is 1. The lowest BCUT2D eigenvalue weighted by Crippen LogP contribution is -2.10. The highest BCUT2D eigenvalue weighted by molar-refractivity contribution is 5.91. The molecule has 1 atom stereocenters. The van der Waals surface area contributed by atoms with Crippen molar-refractivity contribution in [3.63, 3.8) is 0 Å². The van der Waals surface area contributed by atoms with Crippen LogP contribution in [0.15, 0.2) is 48.5 Å². The molecule has 0 fully saturated rings. The second kappa shape index (κ2) is 20.6. The summed E-state index contributed by atoms with van der Waals surface area (Å²) in [6.45, 7) is 7.75. The van der Waals surface area contributed by atoms with E-state index in [1.54, 1.807) is 18.2 Å². The SMILES string of the molecule is CCCCCCCCCCCCCCCCOC(C)c1ccc(C(=O)Oc2ccccc2OCCC)cc1. The van der Waals surface area contributed by atoms with Gasteiger partial charge in [-0.05, 0) is 49.6 Å². The lowest BCUT2D eigenvalue weighted by Gasteiger charge is -2.14. The fourth-order valence-corrected chi connectivity index (χ4v) is 4.57. The van der Waals surface area contributed by atoms with E-state index in [4.69, 9.17) is 14.2 Å². The Labute approximate surface area is 232 Å². The molecule has 0 aromatic heterocycles. The summed E-state index contributed by atoms with van der Waals surface area (Å²) in [7, 11) is 0. The minimum absolute atomic E-state index is 0.00483. The maximum absolute atomic E-state index is 12.6. The van der Waals surface area contributed by atoms with Crippen molar-refractivity contribution in [2.45, 2.75) is 123 Å². The third kappa shape index (κ3) is 13.5. The van der Waals surface area contributed by atoms with Crippen LogP contribution >= 0.6 is 0 Å². The van der Waals surface area contributed by atoms with Gasteiger partial charge in [-0.15, -0.1) is 0 Å².